The Morgan fingerprint density at radius 3 is 2.42 bits per heavy atom. The number of benzene rings is 2. The number of carbonyl (C=O) groups excluding carboxylic acids is 1. The molecule has 3 nitrogen and oxygen atoms in total. The Kier molecular flexibility index (Phi) is 3.51. The quantitative estimate of drug-likeness (QED) is 0.830. The molecule has 0 unspecified atom stereocenters. The Labute approximate surface area is 109 Å². The molecule has 0 amide bonds. The van der Waals surface area contributed by atoms with Crippen LogP contribution >= 0.6 is 0 Å². The predicted molar refractivity (Wildman–Crippen MR) is 69.8 cm³/mol. The summed E-state index contributed by atoms with van der Waals surface area (Å²) in [4.78, 5) is 11.8. The fraction of sp³-hybridized carbons (Fsp3) is 0.133. The van der Waals surface area contributed by atoms with E-state index in [4.69, 9.17) is 0 Å². The van der Waals surface area contributed by atoms with Crippen LogP contribution in [0.3, 0.4) is 0 Å². The molecule has 0 heterocycles. The van der Waals surface area contributed by atoms with Crippen LogP contribution in [0.5, 0.6) is 11.5 Å². The maximum Gasteiger partial charge on any atom is 0.163 e. The molecule has 2 aromatic carbocycles. The third-order valence-corrected chi connectivity index (χ3v) is 2.87. The first-order valence-corrected chi connectivity index (χ1v) is 5.88. The molecular weight excluding hydrogens is 247 g/mol. The van der Waals surface area contributed by atoms with Gasteiger partial charge < -0.3 is 10.2 Å². The molecule has 0 saturated heterocycles. The summed E-state index contributed by atoms with van der Waals surface area (Å²) >= 11 is 0. The number of ketones is 1. The van der Waals surface area contributed by atoms with Gasteiger partial charge in [0.15, 0.2) is 5.78 Å². The standard InChI is InChI=1S/C15H13FO3/c1-2-14(18)13-7-9(16)3-5-11(13)12-6-4-10(17)8-15(12)19/h3-8,17,19H,2H2,1H3. The first-order valence-electron chi connectivity index (χ1n) is 5.88. The molecule has 19 heavy (non-hydrogen) atoms. The second-order valence-electron chi connectivity index (χ2n) is 4.17. The number of phenols is 2. The number of hydrogen-bond donors (Lipinski definition) is 2. The Balaban J connectivity index is 2.64. The smallest absolute Gasteiger partial charge is 0.163 e. The van der Waals surface area contributed by atoms with Crippen LogP contribution in [0.4, 0.5) is 4.39 Å². The Morgan fingerprint density at radius 2 is 1.79 bits per heavy atom. The van der Waals surface area contributed by atoms with Crippen molar-refractivity contribution < 1.29 is 19.4 Å². The average molecular weight is 260 g/mol. The van der Waals surface area contributed by atoms with Gasteiger partial charge in [0.25, 0.3) is 0 Å². The first-order chi connectivity index (χ1) is 9.02. The van der Waals surface area contributed by atoms with Crippen molar-refractivity contribution in [1.29, 1.82) is 0 Å². The summed E-state index contributed by atoms with van der Waals surface area (Å²) in [5.74, 6) is -0.940. The van der Waals surface area contributed by atoms with Crippen molar-refractivity contribution in [1.82, 2.24) is 0 Å². The van der Waals surface area contributed by atoms with Gasteiger partial charge in [-0.3, -0.25) is 4.79 Å². The van der Waals surface area contributed by atoms with Gasteiger partial charge in [-0.15, -0.1) is 0 Å². The minimum atomic E-state index is -0.501. The summed E-state index contributed by atoms with van der Waals surface area (Å²) in [6.45, 7) is 1.69. The zero-order chi connectivity index (χ0) is 14.0. The molecule has 0 radical (unpaired) electrons. The van der Waals surface area contributed by atoms with Gasteiger partial charge in [-0.05, 0) is 29.8 Å². The number of rotatable bonds is 3. The van der Waals surface area contributed by atoms with Gasteiger partial charge in [0.2, 0.25) is 0 Å². The van der Waals surface area contributed by atoms with Gasteiger partial charge in [-0.25, -0.2) is 4.39 Å². The molecule has 0 aliphatic heterocycles. The summed E-state index contributed by atoms with van der Waals surface area (Å²) in [5.41, 5.74) is 1.06. The van der Waals surface area contributed by atoms with Crippen molar-refractivity contribution >= 4 is 5.78 Å². The summed E-state index contributed by atoms with van der Waals surface area (Å²) in [6.07, 6.45) is 0.245. The highest BCUT2D eigenvalue weighted by atomic mass is 19.1. The van der Waals surface area contributed by atoms with Crippen molar-refractivity contribution in [2.24, 2.45) is 0 Å². The van der Waals surface area contributed by atoms with E-state index in [0.29, 0.717) is 11.1 Å². The Hall–Kier alpha value is -2.36. The van der Waals surface area contributed by atoms with Crippen molar-refractivity contribution in [3.63, 3.8) is 0 Å². The molecule has 0 atom stereocenters. The van der Waals surface area contributed by atoms with Crippen LogP contribution < -0.4 is 0 Å². The highest BCUT2D eigenvalue weighted by Gasteiger charge is 2.15. The SMILES string of the molecule is CCC(=O)c1cc(F)ccc1-c1ccc(O)cc1O. The van der Waals surface area contributed by atoms with Crippen LogP contribution in [0.25, 0.3) is 11.1 Å². The second-order valence-corrected chi connectivity index (χ2v) is 4.17. The molecule has 0 bridgehead atoms. The lowest BCUT2D eigenvalue weighted by Gasteiger charge is -2.10. The number of phenolic OH excluding ortho intramolecular Hbond substituents is 2. The third-order valence-electron chi connectivity index (χ3n) is 2.87. The van der Waals surface area contributed by atoms with Gasteiger partial charge >= 0.3 is 0 Å². The number of aromatic hydroxyl groups is 2. The zero-order valence-electron chi connectivity index (χ0n) is 10.4. The van der Waals surface area contributed by atoms with Crippen LogP contribution in [0.2, 0.25) is 0 Å². The largest absolute Gasteiger partial charge is 0.508 e. The van der Waals surface area contributed by atoms with Crippen LogP contribution in [0.1, 0.15) is 23.7 Å². The molecule has 0 aromatic heterocycles. The van der Waals surface area contributed by atoms with E-state index in [-0.39, 0.29) is 29.3 Å². The lowest BCUT2D eigenvalue weighted by atomic mass is 9.95. The van der Waals surface area contributed by atoms with E-state index in [1.165, 1.54) is 30.3 Å². The molecular formula is C15H13FO3. The number of halogens is 1. The Bertz CT molecular complexity index is 635. The van der Waals surface area contributed by atoms with E-state index in [2.05, 4.69) is 0 Å². The fourth-order valence-electron chi connectivity index (χ4n) is 1.92. The minimum absolute atomic E-state index is 0.0771. The summed E-state index contributed by atoms with van der Waals surface area (Å²) < 4.78 is 13.3. The van der Waals surface area contributed by atoms with Crippen LogP contribution in [0, 0.1) is 5.82 Å². The average Bonchev–Trinajstić information content (AvgIpc) is 2.38. The number of Topliss-reactive ketones (excluding diaryl/α,β-unsaturated/α-hetero) is 1. The zero-order valence-corrected chi connectivity index (χ0v) is 10.4. The molecule has 2 N–H and O–H groups in total. The van der Waals surface area contributed by atoms with Crippen LogP contribution in [-0.2, 0) is 0 Å². The third kappa shape index (κ3) is 2.57. The molecule has 2 rings (SSSR count). The molecule has 0 fully saturated rings. The highest BCUT2D eigenvalue weighted by molar-refractivity contribution is 6.02. The van der Waals surface area contributed by atoms with Crippen molar-refractivity contribution in [3.8, 4) is 22.6 Å². The molecule has 0 saturated carbocycles. The van der Waals surface area contributed by atoms with Gasteiger partial charge in [-0.1, -0.05) is 13.0 Å². The molecule has 98 valence electrons. The van der Waals surface area contributed by atoms with Gasteiger partial charge in [0.05, 0.1) is 0 Å². The summed E-state index contributed by atoms with van der Waals surface area (Å²) in [7, 11) is 0. The topological polar surface area (TPSA) is 57.5 Å². The van der Waals surface area contributed by atoms with E-state index >= 15 is 0 Å². The first kappa shape index (κ1) is 13.1. The predicted octanol–water partition coefficient (Wildman–Crippen LogP) is 3.50. The van der Waals surface area contributed by atoms with Gasteiger partial charge in [0.1, 0.15) is 17.3 Å². The molecule has 2 aromatic rings. The summed E-state index contributed by atoms with van der Waals surface area (Å²) in [6, 6.07) is 7.91. The monoisotopic (exact) mass is 260 g/mol. The van der Waals surface area contributed by atoms with Gasteiger partial charge in [0, 0.05) is 23.6 Å². The molecule has 0 aliphatic rings. The van der Waals surface area contributed by atoms with E-state index < -0.39 is 5.82 Å². The number of hydrogen-bond acceptors (Lipinski definition) is 3. The molecule has 0 spiro atoms. The maximum absolute atomic E-state index is 13.3. The lowest BCUT2D eigenvalue weighted by molar-refractivity contribution is 0.0988. The van der Waals surface area contributed by atoms with Crippen molar-refractivity contribution in [3.05, 3.63) is 47.8 Å². The normalized spacial score (nSPS) is 10.4. The molecule has 0 aliphatic carbocycles. The van der Waals surface area contributed by atoms with E-state index in [9.17, 15) is 19.4 Å². The summed E-state index contributed by atoms with van der Waals surface area (Å²) in [5, 5.41) is 19.1. The lowest BCUT2D eigenvalue weighted by Crippen LogP contribution is -2.00. The molecule has 4 heteroatoms. The number of carbonyl (C=O) groups is 1. The van der Waals surface area contributed by atoms with Gasteiger partial charge in [-0.2, -0.15) is 0 Å². The van der Waals surface area contributed by atoms with E-state index in [1.54, 1.807) is 6.92 Å². The Morgan fingerprint density at radius 1 is 1.11 bits per heavy atom. The van der Waals surface area contributed by atoms with E-state index in [0.717, 1.165) is 6.07 Å². The fourth-order valence-corrected chi connectivity index (χ4v) is 1.92. The second kappa shape index (κ2) is 5.10. The minimum Gasteiger partial charge on any atom is -0.508 e. The maximum atomic E-state index is 13.3. The highest BCUT2D eigenvalue weighted by Crippen LogP contribution is 2.34. The van der Waals surface area contributed by atoms with Crippen molar-refractivity contribution in [2.45, 2.75) is 13.3 Å². The van der Waals surface area contributed by atoms with E-state index in [1.807, 2.05) is 0 Å². The van der Waals surface area contributed by atoms with Crippen LogP contribution in [0.15, 0.2) is 36.4 Å². The van der Waals surface area contributed by atoms with Crippen LogP contribution in [-0.4, -0.2) is 16.0 Å². The van der Waals surface area contributed by atoms with Crippen molar-refractivity contribution in [2.75, 3.05) is 0 Å².